The van der Waals surface area contributed by atoms with Crippen molar-refractivity contribution in [2.75, 3.05) is 16.8 Å². The maximum Gasteiger partial charge on any atom is 0.281 e. The first-order valence-electron chi connectivity index (χ1n) is 12.6. The van der Waals surface area contributed by atoms with Crippen LogP contribution in [0.1, 0.15) is 53.3 Å². The summed E-state index contributed by atoms with van der Waals surface area (Å²) in [5.74, 6) is 2.09. The lowest BCUT2D eigenvalue weighted by atomic mass is 10.2. The molecule has 0 spiro atoms. The SMILES string of the molecule is Cc1cc(C(=O)N(CC2CC2)c2cnc(Oc3cc(OC(C)C)cc(C(=O)Nc4ccn(C)n4)c3)cn2)no1. The van der Waals surface area contributed by atoms with Crippen LogP contribution in [0.25, 0.3) is 0 Å². The maximum absolute atomic E-state index is 13.1. The van der Waals surface area contributed by atoms with E-state index in [0.717, 1.165) is 12.8 Å². The van der Waals surface area contributed by atoms with Gasteiger partial charge < -0.3 is 19.3 Å². The fourth-order valence-corrected chi connectivity index (χ4v) is 3.84. The van der Waals surface area contributed by atoms with Crippen molar-refractivity contribution >= 4 is 23.5 Å². The molecule has 0 unspecified atom stereocenters. The number of aryl methyl sites for hydroxylation is 2. The van der Waals surface area contributed by atoms with Gasteiger partial charge in [0.15, 0.2) is 17.3 Å². The van der Waals surface area contributed by atoms with E-state index >= 15 is 0 Å². The second-order valence-electron chi connectivity index (χ2n) is 9.69. The Hall–Kier alpha value is -4.74. The Labute approximate surface area is 224 Å². The van der Waals surface area contributed by atoms with Crippen LogP contribution in [0, 0.1) is 12.8 Å². The van der Waals surface area contributed by atoms with Gasteiger partial charge in [0.25, 0.3) is 11.8 Å². The molecule has 1 fully saturated rings. The molecule has 5 rings (SSSR count). The highest BCUT2D eigenvalue weighted by molar-refractivity contribution is 6.04. The number of amides is 2. The maximum atomic E-state index is 13.1. The predicted molar refractivity (Wildman–Crippen MR) is 141 cm³/mol. The van der Waals surface area contributed by atoms with Gasteiger partial charge >= 0.3 is 0 Å². The summed E-state index contributed by atoms with van der Waals surface area (Å²) >= 11 is 0. The molecule has 3 heterocycles. The average Bonchev–Trinajstić information content (AvgIpc) is 3.47. The van der Waals surface area contributed by atoms with E-state index in [2.05, 4.69) is 25.5 Å². The summed E-state index contributed by atoms with van der Waals surface area (Å²) in [6.07, 6.45) is 6.64. The molecule has 0 atom stereocenters. The number of nitrogens with zero attached hydrogens (tertiary/aromatic N) is 6. The minimum absolute atomic E-state index is 0.116. The van der Waals surface area contributed by atoms with Gasteiger partial charge in [0.2, 0.25) is 5.88 Å². The van der Waals surface area contributed by atoms with E-state index in [0.29, 0.717) is 46.9 Å². The first-order chi connectivity index (χ1) is 18.7. The summed E-state index contributed by atoms with van der Waals surface area (Å²) in [4.78, 5) is 36.4. The smallest absolute Gasteiger partial charge is 0.281 e. The van der Waals surface area contributed by atoms with E-state index in [-0.39, 0.29) is 29.5 Å². The van der Waals surface area contributed by atoms with Crippen molar-refractivity contribution in [2.24, 2.45) is 13.0 Å². The van der Waals surface area contributed by atoms with E-state index < -0.39 is 0 Å². The third kappa shape index (κ3) is 6.58. The van der Waals surface area contributed by atoms with Crippen LogP contribution in [0.15, 0.2) is 53.4 Å². The van der Waals surface area contributed by atoms with Gasteiger partial charge in [-0.3, -0.25) is 19.2 Å². The minimum atomic E-state index is -0.369. The summed E-state index contributed by atoms with van der Waals surface area (Å²) in [6.45, 7) is 6.03. The molecule has 3 aromatic heterocycles. The molecule has 1 aliphatic carbocycles. The summed E-state index contributed by atoms with van der Waals surface area (Å²) in [7, 11) is 1.77. The van der Waals surface area contributed by atoms with Gasteiger partial charge in [-0.2, -0.15) is 5.10 Å². The number of ether oxygens (including phenoxy) is 2. The van der Waals surface area contributed by atoms with Gasteiger partial charge in [-0.05, 0) is 51.7 Å². The molecule has 1 aliphatic rings. The number of rotatable bonds is 10. The highest BCUT2D eigenvalue weighted by Gasteiger charge is 2.30. The molecule has 1 N–H and O–H groups in total. The Morgan fingerprint density at radius 2 is 1.95 bits per heavy atom. The summed E-state index contributed by atoms with van der Waals surface area (Å²) < 4.78 is 18.4. The lowest BCUT2D eigenvalue weighted by Crippen LogP contribution is -2.34. The van der Waals surface area contributed by atoms with Gasteiger partial charge in [-0.25, -0.2) is 9.97 Å². The van der Waals surface area contributed by atoms with Gasteiger partial charge in [0.1, 0.15) is 17.3 Å². The molecule has 12 nitrogen and oxygen atoms in total. The molecule has 0 aliphatic heterocycles. The van der Waals surface area contributed by atoms with Gasteiger partial charge in [0.05, 0.1) is 18.5 Å². The molecule has 0 radical (unpaired) electrons. The fourth-order valence-electron chi connectivity index (χ4n) is 3.84. The summed E-state index contributed by atoms with van der Waals surface area (Å²) in [5.41, 5.74) is 0.538. The number of aromatic nitrogens is 5. The first kappa shape index (κ1) is 25.9. The zero-order chi connectivity index (χ0) is 27.5. The second kappa shape index (κ2) is 10.9. The third-order valence-electron chi connectivity index (χ3n) is 5.81. The van der Waals surface area contributed by atoms with E-state index in [1.165, 1.54) is 12.4 Å². The molecule has 1 aromatic carbocycles. The number of carbonyl (C=O) groups excluding carboxylic acids is 2. The standard InChI is InChI=1S/C27H29N7O5/c1-16(2)37-20-10-19(26(35)30-23-7-8-33(4)31-23)11-21(12-20)38-25-14-28-24(13-29-25)34(15-18-5-6-18)27(36)22-9-17(3)39-32-22/h7-14,16,18H,5-6,15H2,1-4H3,(H,30,31,35). The molecule has 12 heteroatoms. The van der Waals surface area contributed by atoms with Crippen LogP contribution in [0.3, 0.4) is 0 Å². The quantitative estimate of drug-likeness (QED) is 0.316. The molecule has 0 bridgehead atoms. The zero-order valence-electron chi connectivity index (χ0n) is 22.1. The topological polar surface area (TPSA) is 138 Å². The number of carbonyl (C=O) groups is 2. The van der Waals surface area contributed by atoms with Crippen molar-refractivity contribution in [3.63, 3.8) is 0 Å². The zero-order valence-corrected chi connectivity index (χ0v) is 22.1. The van der Waals surface area contributed by atoms with Crippen molar-refractivity contribution in [3.05, 3.63) is 65.9 Å². The van der Waals surface area contributed by atoms with Crippen LogP contribution in [0.2, 0.25) is 0 Å². The van der Waals surface area contributed by atoms with Crippen molar-refractivity contribution in [2.45, 2.75) is 39.7 Å². The van der Waals surface area contributed by atoms with Crippen LogP contribution in [0.4, 0.5) is 11.6 Å². The molecule has 0 saturated heterocycles. The monoisotopic (exact) mass is 531 g/mol. The number of anilines is 2. The third-order valence-corrected chi connectivity index (χ3v) is 5.81. The Balaban J connectivity index is 1.35. The largest absolute Gasteiger partial charge is 0.491 e. The lowest BCUT2D eigenvalue weighted by molar-refractivity contribution is 0.0974. The predicted octanol–water partition coefficient (Wildman–Crippen LogP) is 4.40. The van der Waals surface area contributed by atoms with Crippen molar-refractivity contribution in [1.82, 2.24) is 24.9 Å². The average molecular weight is 532 g/mol. The normalized spacial score (nSPS) is 12.8. The van der Waals surface area contributed by atoms with Gasteiger partial charge in [-0.15, -0.1) is 0 Å². The second-order valence-corrected chi connectivity index (χ2v) is 9.69. The van der Waals surface area contributed by atoms with Crippen molar-refractivity contribution in [1.29, 1.82) is 0 Å². The Morgan fingerprint density at radius 1 is 1.15 bits per heavy atom. The number of benzene rings is 1. The van der Waals surface area contributed by atoms with Gasteiger partial charge in [-0.1, -0.05) is 5.16 Å². The number of nitrogens with one attached hydrogen (secondary N) is 1. The van der Waals surface area contributed by atoms with Crippen LogP contribution in [0.5, 0.6) is 17.4 Å². The summed E-state index contributed by atoms with van der Waals surface area (Å²) in [5, 5.41) is 10.8. The van der Waals surface area contributed by atoms with Crippen molar-refractivity contribution < 1.29 is 23.6 Å². The molecule has 1 saturated carbocycles. The number of hydrogen-bond donors (Lipinski definition) is 1. The highest BCUT2D eigenvalue weighted by atomic mass is 16.5. The Morgan fingerprint density at radius 3 is 2.56 bits per heavy atom. The van der Waals surface area contributed by atoms with Crippen LogP contribution < -0.4 is 19.7 Å². The molecular weight excluding hydrogens is 502 g/mol. The van der Waals surface area contributed by atoms with E-state index in [1.54, 1.807) is 60.1 Å². The van der Waals surface area contributed by atoms with Gasteiger partial charge in [0, 0.05) is 43.6 Å². The molecular formula is C27H29N7O5. The fraction of sp³-hybridized carbons (Fsp3) is 0.333. The molecule has 202 valence electrons. The van der Waals surface area contributed by atoms with E-state index in [9.17, 15) is 9.59 Å². The Bertz CT molecular complexity index is 1470. The lowest BCUT2D eigenvalue weighted by Gasteiger charge is -2.20. The molecule has 4 aromatic rings. The van der Waals surface area contributed by atoms with E-state index in [1.807, 2.05) is 13.8 Å². The number of hydrogen-bond acceptors (Lipinski definition) is 9. The molecule has 2 amide bonds. The van der Waals surface area contributed by atoms with Crippen molar-refractivity contribution in [3.8, 4) is 17.4 Å². The van der Waals surface area contributed by atoms with Crippen LogP contribution >= 0.6 is 0 Å². The Kier molecular flexibility index (Phi) is 7.26. The minimum Gasteiger partial charge on any atom is -0.491 e. The first-order valence-corrected chi connectivity index (χ1v) is 12.6. The van der Waals surface area contributed by atoms with Crippen LogP contribution in [-0.4, -0.2) is 49.4 Å². The molecule has 39 heavy (non-hydrogen) atoms. The van der Waals surface area contributed by atoms with Crippen LogP contribution in [-0.2, 0) is 7.05 Å². The van der Waals surface area contributed by atoms with E-state index in [4.69, 9.17) is 14.0 Å². The summed E-state index contributed by atoms with van der Waals surface area (Å²) in [6, 6.07) is 8.18. The highest BCUT2D eigenvalue weighted by Crippen LogP contribution is 2.32.